The molecule has 1 aromatic rings. The van der Waals surface area contributed by atoms with E-state index >= 15 is 0 Å². The second-order valence-electron chi connectivity index (χ2n) is 4.78. The van der Waals surface area contributed by atoms with Crippen molar-refractivity contribution in [1.29, 1.82) is 0 Å². The Bertz CT molecular complexity index is 408. The summed E-state index contributed by atoms with van der Waals surface area (Å²) in [5.74, 6) is -0.0695. The highest BCUT2D eigenvalue weighted by atomic mass is 16.2. The molecule has 2 heterocycles. The number of hydrogen-bond donors (Lipinski definition) is 2. The number of likely N-dealkylation sites (tertiary alicyclic amines) is 1. The fourth-order valence-electron chi connectivity index (χ4n) is 2.43. The Kier molecular flexibility index (Phi) is 3.86. The zero-order valence-corrected chi connectivity index (χ0v) is 11.0. The second kappa shape index (κ2) is 5.39. The Hall–Kier alpha value is -1.56. The summed E-state index contributed by atoms with van der Waals surface area (Å²) in [5, 5.41) is 6.46. The van der Waals surface area contributed by atoms with Gasteiger partial charge in [0.2, 0.25) is 0 Å². The van der Waals surface area contributed by atoms with E-state index in [0.29, 0.717) is 17.4 Å². The molecular weight excluding hydrogens is 230 g/mol. The maximum atomic E-state index is 12.2. The fraction of sp³-hybridized carbons (Fsp3) is 0.667. The Morgan fingerprint density at radius 1 is 1.61 bits per heavy atom. The maximum Gasteiger partial charge on any atom is 0.274 e. The second-order valence-corrected chi connectivity index (χ2v) is 4.78. The van der Waals surface area contributed by atoms with E-state index in [0.717, 1.165) is 32.5 Å². The lowest BCUT2D eigenvalue weighted by Gasteiger charge is -2.36. The molecule has 0 aliphatic carbocycles. The van der Waals surface area contributed by atoms with Crippen LogP contribution in [0.4, 0.5) is 5.69 Å². The first-order valence-corrected chi connectivity index (χ1v) is 6.41. The molecule has 0 aromatic carbocycles. The molecule has 1 amide bonds. The van der Waals surface area contributed by atoms with Crippen molar-refractivity contribution in [3.05, 3.63) is 11.9 Å². The van der Waals surface area contributed by atoms with Crippen LogP contribution >= 0.6 is 0 Å². The van der Waals surface area contributed by atoms with E-state index in [1.165, 1.54) is 6.20 Å². The van der Waals surface area contributed by atoms with Gasteiger partial charge < -0.3 is 15.5 Å². The zero-order valence-electron chi connectivity index (χ0n) is 11.0. The molecule has 6 heteroatoms. The van der Waals surface area contributed by atoms with Crippen LogP contribution in [0.3, 0.4) is 0 Å². The van der Waals surface area contributed by atoms with Crippen molar-refractivity contribution in [2.24, 2.45) is 0 Å². The van der Waals surface area contributed by atoms with E-state index in [9.17, 15) is 4.79 Å². The van der Waals surface area contributed by atoms with Gasteiger partial charge in [0.25, 0.3) is 5.91 Å². The minimum atomic E-state index is -0.0695. The lowest BCUT2D eigenvalue weighted by atomic mass is 10.0. The molecule has 1 saturated heterocycles. The van der Waals surface area contributed by atoms with Gasteiger partial charge in [-0.1, -0.05) is 6.92 Å². The van der Waals surface area contributed by atoms with E-state index in [-0.39, 0.29) is 5.91 Å². The van der Waals surface area contributed by atoms with E-state index in [1.54, 1.807) is 4.90 Å². The summed E-state index contributed by atoms with van der Waals surface area (Å²) in [7, 11) is 1.84. The van der Waals surface area contributed by atoms with Crippen LogP contribution in [-0.2, 0) is 0 Å². The predicted molar refractivity (Wildman–Crippen MR) is 70.2 cm³/mol. The van der Waals surface area contributed by atoms with E-state index < -0.39 is 0 Å². The van der Waals surface area contributed by atoms with Gasteiger partial charge in [-0.2, -0.15) is 5.10 Å². The zero-order chi connectivity index (χ0) is 13.1. The highest BCUT2D eigenvalue weighted by molar-refractivity contribution is 5.97. The number of nitrogens with two attached hydrogens (primary N) is 1. The number of amides is 1. The van der Waals surface area contributed by atoms with Crippen LogP contribution in [0.2, 0.25) is 0 Å². The maximum absolute atomic E-state index is 12.2. The van der Waals surface area contributed by atoms with Crippen LogP contribution in [0.5, 0.6) is 0 Å². The monoisotopic (exact) mass is 251 g/mol. The molecule has 3 N–H and O–H groups in total. The first-order valence-electron chi connectivity index (χ1n) is 6.41. The molecule has 0 unspecified atom stereocenters. The molecule has 6 nitrogen and oxygen atoms in total. The summed E-state index contributed by atoms with van der Waals surface area (Å²) in [6, 6.07) is 0.294. The van der Waals surface area contributed by atoms with Crippen molar-refractivity contribution in [2.75, 3.05) is 32.4 Å². The quantitative estimate of drug-likeness (QED) is 0.822. The van der Waals surface area contributed by atoms with Crippen molar-refractivity contribution in [3.63, 3.8) is 0 Å². The molecular formula is C12H21N5O. The van der Waals surface area contributed by atoms with Crippen LogP contribution in [0.15, 0.2) is 6.20 Å². The minimum absolute atomic E-state index is 0.0695. The van der Waals surface area contributed by atoms with Gasteiger partial charge in [-0.15, -0.1) is 0 Å². The summed E-state index contributed by atoms with van der Waals surface area (Å²) < 4.78 is 0. The molecule has 0 saturated carbocycles. The molecule has 18 heavy (non-hydrogen) atoms. The summed E-state index contributed by atoms with van der Waals surface area (Å²) in [4.78, 5) is 16.4. The summed E-state index contributed by atoms with van der Waals surface area (Å²) >= 11 is 0. The lowest BCUT2D eigenvalue weighted by molar-refractivity contribution is 0.0642. The average molecular weight is 251 g/mol. The summed E-state index contributed by atoms with van der Waals surface area (Å²) in [5.41, 5.74) is 6.52. The molecule has 0 spiro atoms. The number of hydrogen-bond acceptors (Lipinski definition) is 4. The molecule has 1 fully saturated rings. The van der Waals surface area contributed by atoms with E-state index in [1.807, 2.05) is 7.05 Å². The smallest absolute Gasteiger partial charge is 0.274 e. The van der Waals surface area contributed by atoms with Crippen LogP contribution in [0.1, 0.15) is 30.3 Å². The van der Waals surface area contributed by atoms with Crippen molar-refractivity contribution >= 4 is 11.6 Å². The molecule has 100 valence electrons. The molecule has 0 bridgehead atoms. The number of aromatic nitrogens is 2. The third-order valence-electron chi connectivity index (χ3n) is 3.75. The SMILES string of the molecule is CCN1CCC(N(C)C(=O)c2[nH]ncc2N)CC1. The van der Waals surface area contributed by atoms with Crippen LogP contribution in [-0.4, -0.2) is 58.6 Å². The minimum Gasteiger partial charge on any atom is -0.396 e. The van der Waals surface area contributed by atoms with Crippen LogP contribution in [0, 0.1) is 0 Å². The van der Waals surface area contributed by atoms with Crippen molar-refractivity contribution < 1.29 is 4.79 Å². The average Bonchev–Trinajstić information content (AvgIpc) is 2.83. The third kappa shape index (κ3) is 2.48. The number of nitrogens with zero attached hydrogens (tertiary/aromatic N) is 3. The van der Waals surface area contributed by atoms with Crippen LogP contribution in [0.25, 0.3) is 0 Å². The highest BCUT2D eigenvalue weighted by Crippen LogP contribution is 2.18. The summed E-state index contributed by atoms with van der Waals surface area (Å²) in [6.45, 7) is 5.35. The van der Waals surface area contributed by atoms with Gasteiger partial charge in [0.05, 0.1) is 11.9 Å². The number of aromatic amines is 1. The number of rotatable bonds is 3. The van der Waals surface area contributed by atoms with Gasteiger partial charge in [-0.05, 0) is 19.4 Å². The Morgan fingerprint density at radius 2 is 2.28 bits per heavy atom. The molecule has 0 radical (unpaired) electrons. The van der Waals surface area contributed by atoms with Gasteiger partial charge in [-0.25, -0.2) is 0 Å². The Labute approximate surface area is 107 Å². The molecule has 1 aliphatic heterocycles. The largest absolute Gasteiger partial charge is 0.396 e. The van der Waals surface area contributed by atoms with E-state index in [4.69, 9.17) is 5.73 Å². The standard InChI is InChI=1S/C12H21N5O/c1-3-17-6-4-9(5-7-17)16(2)12(18)11-10(13)8-14-15-11/h8-9H,3-7,13H2,1-2H3,(H,14,15). The predicted octanol–water partition coefficient (Wildman–Crippen LogP) is 0.548. The summed E-state index contributed by atoms with van der Waals surface area (Å²) in [6.07, 6.45) is 3.51. The normalized spacial score (nSPS) is 17.9. The van der Waals surface area contributed by atoms with Gasteiger partial charge in [-0.3, -0.25) is 9.89 Å². The lowest BCUT2D eigenvalue weighted by Crippen LogP contribution is -2.45. The fourth-order valence-corrected chi connectivity index (χ4v) is 2.43. The number of nitrogen functional groups attached to an aromatic ring is 1. The van der Waals surface area contributed by atoms with Gasteiger partial charge in [0, 0.05) is 26.2 Å². The molecule has 1 aromatic heterocycles. The van der Waals surface area contributed by atoms with Gasteiger partial charge >= 0.3 is 0 Å². The first kappa shape index (κ1) is 12.9. The van der Waals surface area contributed by atoms with Gasteiger partial charge in [0.15, 0.2) is 0 Å². The number of anilines is 1. The first-order chi connectivity index (χ1) is 8.63. The van der Waals surface area contributed by atoms with Crippen molar-refractivity contribution in [2.45, 2.75) is 25.8 Å². The van der Waals surface area contributed by atoms with E-state index in [2.05, 4.69) is 22.0 Å². The van der Waals surface area contributed by atoms with Crippen molar-refractivity contribution in [1.82, 2.24) is 20.0 Å². The number of H-pyrrole nitrogens is 1. The number of nitrogens with one attached hydrogen (secondary N) is 1. The Morgan fingerprint density at radius 3 is 2.78 bits per heavy atom. The highest BCUT2D eigenvalue weighted by Gasteiger charge is 2.26. The topological polar surface area (TPSA) is 78.2 Å². The van der Waals surface area contributed by atoms with Gasteiger partial charge in [0.1, 0.15) is 5.69 Å². The number of piperidine rings is 1. The Balaban J connectivity index is 1.98. The molecule has 0 atom stereocenters. The number of carbonyl (C=O) groups excluding carboxylic acids is 1. The molecule has 2 rings (SSSR count). The third-order valence-corrected chi connectivity index (χ3v) is 3.75. The van der Waals surface area contributed by atoms with Crippen molar-refractivity contribution in [3.8, 4) is 0 Å². The van der Waals surface area contributed by atoms with Crippen LogP contribution < -0.4 is 5.73 Å². The molecule has 1 aliphatic rings. The number of carbonyl (C=O) groups is 1.